The number of amides is 1. The van der Waals surface area contributed by atoms with E-state index in [0.717, 1.165) is 62.6 Å². The molecule has 0 unspecified atom stereocenters. The minimum atomic E-state index is -0.448. The molecule has 11 heteroatoms. The molecule has 0 radical (unpaired) electrons. The number of fused-ring (bicyclic) bond motifs is 1. The molecule has 0 bridgehead atoms. The summed E-state index contributed by atoms with van der Waals surface area (Å²) in [5, 5.41) is 19.3. The Labute approximate surface area is 212 Å². The first-order valence-electron chi connectivity index (χ1n) is 12.7. The van der Waals surface area contributed by atoms with Crippen LogP contribution in [0, 0.1) is 11.6 Å². The Morgan fingerprint density at radius 2 is 1.92 bits per heavy atom. The lowest BCUT2D eigenvalue weighted by molar-refractivity contribution is 0.0927. The number of benzene rings is 1. The summed E-state index contributed by atoms with van der Waals surface area (Å²) in [6.07, 6.45) is 8.50. The number of pyridine rings is 1. The number of nitrogens with zero attached hydrogens (tertiary/aromatic N) is 7. The van der Waals surface area contributed by atoms with Gasteiger partial charge in [0, 0.05) is 43.0 Å². The van der Waals surface area contributed by atoms with Crippen molar-refractivity contribution in [2.24, 2.45) is 7.05 Å². The van der Waals surface area contributed by atoms with Gasteiger partial charge >= 0.3 is 0 Å². The van der Waals surface area contributed by atoms with Crippen LogP contribution < -0.4 is 10.2 Å². The van der Waals surface area contributed by atoms with E-state index in [0.29, 0.717) is 22.6 Å². The highest BCUT2D eigenvalue weighted by atomic mass is 19.1. The van der Waals surface area contributed by atoms with Crippen LogP contribution in [0.5, 0.6) is 0 Å². The second-order valence-corrected chi connectivity index (χ2v) is 9.97. The third-order valence-electron chi connectivity index (χ3n) is 7.73. The first kappa shape index (κ1) is 23.5. The molecule has 1 aromatic carbocycles. The summed E-state index contributed by atoms with van der Waals surface area (Å²) in [6, 6.07) is 7.22. The Morgan fingerprint density at radius 1 is 1.08 bits per heavy atom. The van der Waals surface area contributed by atoms with Gasteiger partial charge in [-0.1, -0.05) is 0 Å². The standard InChI is InChI=1S/C26H28F2N8O/c1-34-25(31-32-33-34)16-4-7-18(8-5-16)30-26(37)21-15-29-36-12-10-19(14-24(21)36)35-11-2-3-23(35)20-13-17(27)6-9-22(20)28/h6,9-10,12-16,18,23H,2-5,7-8,11H2,1H3,(H,30,37)/t16-,18-,23-/m1/s1. The lowest BCUT2D eigenvalue weighted by atomic mass is 9.85. The number of aromatic nitrogens is 6. The van der Waals surface area contributed by atoms with Gasteiger partial charge in [-0.2, -0.15) is 5.10 Å². The van der Waals surface area contributed by atoms with Gasteiger partial charge in [-0.15, -0.1) is 5.10 Å². The number of aryl methyl sites for hydroxylation is 1. The highest BCUT2D eigenvalue weighted by Crippen LogP contribution is 2.38. The van der Waals surface area contributed by atoms with Gasteiger partial charge in [-0.25, -0.2) is 18.0 Å². The van der Waals surface area contributed by atoms with E-state index >= 15 is 0 Å². The number of carbonyl (C=O) groups excluding carboxylic acids is 1. The van der Waals surface area contributed by atoms with Crippen molar-refractivity contribution in [3.63, 3.8) is 0 Å². The average molecular weight is 507 g/mol. The molecule has 0 spiro atoms. The van der Waals surface area contributed by atoms with Crippen LogP contribution >= 0.6 is 0 Å². The van der Waals surface area contributed by atoms with Crippen molar-refractivity contribution in [2.45, 2.75) is 56.5 Å². The van der Waals surface area contributed by atoms with E-state index in [1.165, 1.54) is 12.1 Å². The summed E-state index contributed by atoms with van der Waals surface area (Å²) in [5.41, 5.74) is 2.39. The fourth-order valence-electron chi connectivity index (χ4n) is 5.83. The molecule has 2 aliphatic rings. The molecule has 192 valence electrons. The highest BCUT2D eigenvalue weighted by Gasteiger charge is 2.30. The fraction of sp³-hybridized carbons (Fsp3) is 0.423. The second kappa shape index (κ2) is 9.53. The van der Waals surface area contributed by atoms with Crippen molar-refractivity contribution in [2.75, 3.05) is 11.4 Å². The number of hydrogen-bond acceptors (Lipinski definition) is 6. The van der Waals surface area contributed by atoms with Crippen LogP contribution in [0.25, 0.3) is 5.52 Å². The zero-order valence-corrected chi connectivity index (χ0v) is 20.5. The van der Waals surface area contributed by atoms with Crippen molar-refractivity contribution in [1.82, 2.24) is 35.1 Å². The smallest absolute Gasteiger partial charge is 0.255 e. The number of tetrazole rings is 1. The quantitative estimate of drug-likeness (QED) is 0.441. The van der Waals surface area contributed by atoms with E-state index in [2.05, 4.69) is 30.8 Å². The third-order valence-corrected chi connectivity index (χ3v) is 7.73. The van der Waals surface area contributed by atoms with Crippen LogP contribution in [0.1, 0.15) is 72.2 Å². The predicted octanol–water partition coefficient (Wildman–Crippen LogP) is 3.93. The monoisotopic (exact) mass is 506 g/mol. The molecule has 1 aliphatic heterocycles. The third kappa shape index (κ3) is 4.42. The predicted molar refractivity (Wildman–Crippen MR) is 132 cm³/mol. The van der Waals surface area contributed by atoms with Gasteiger partial charge in [-0.3, -0.25) is 4.79 Å². The Hall–Kier alpha value is -3.89. The van der Waals surface area contributed by atoms with Crippen molar-refractivity contribution in [1.29, 1.82) is 0 Å². The first-order chi connectivity index (χ1) is 18.0. The Kier molecular flexibility index (Phi) is 6.05. The van der Waals surface area contributed by atoms with Crippen LogP contribution in [-0.4, -0.2) is 48.3 Å². The van der Waals surface area contributed by atoms with E-state index in [-0.39, 0.29) is 18.0 Å². The van der Waals surface area contributed by atoms with Crippen molar-refractivity contribution < 1.29 is 13.6 Å². The zero-order chi connectivity index (χ0) is 25.5. The van der Waals surface area contributed by atoms with Gasteiger partial charge in [0.05, 0.1) is 23.3 Å². The lowest BCUT2D eigenvalue weighted by Crippen LogP contribution is -2.37. The largest absolute Gasteiger partial charge is 0.364 e. The fourth-order valence-corrected chi connectivity index (χ4v) is 5.83. The van der Waals surface area contributed by atoms with E-state index in [4.69, 9.17) is 0 Å². The molecule has 4 aromatic rings. The molecule has 1 saturated carbocycles. The summed E-state index contributed by atoms with van der Waals surface area (Å²) in [5.74, 6) is 0.164. The zero-order valence-electron chi connectivity index (χ0n) is 20.5. The van der Waals surface area contributed by atoms with Crippen LogP contribution in [0.2, 0.25) is 0 Å². The molecule has 4 heterocycles. The van der Waals surface area contributed by atoms with Gasteiger partial charge in [0.25, 0.3) is 5.91 Å². The number of carbonyl (C=O) groups is 1. The van der Waals surface area contributed by atoms with E-state index in [9.17, 15) is 13.6 Å². The molecule has 1 aliphatic carbocycles. The molecular weight excluding hydrogens is 478 g/mol. The summed E-state index contributed by atoms with van der Waals surface area (Å²) in [4.78, 5) is 15.3. The first-order valence-corrected chi connectivity index (χ1v) is 12.7. The minimum Gasteiger partial charge on any atom is -0.364 e. The van der Waals surface area contributed by atoms with Crippen molar-refractivity contribution in [3.05, 3.63) is 71.3 Å². The topological polar surface area (TPSA) is 93.2 Å². The van der Waals surface area contributed by atoms with Crippen LogP contribution in [0.3, 0.4) is 0 Å². The van der Waals surface area contributed by atoms with E-state index in [1.54, 1.807) is 21.6 Å². The number of anilines is 1. The number of nitrogens with one attached hydrogen (secondary N) is 1. The summed E-state index contributed by atoms with van der Waals surface area (Å²) < 4.78 is 31.8. The average Bonchev–Trinajstić information content (AvgIpc) is 3.65. The summed E-state index contributed by atoms with van der Waals surface area (Å²) in [6.45, 7) is 0.719. The van der Waals surface area contributed by atoms with Gasteiger partial charge in [0.1, 0.15) is 11.6 Å². The van der Waals surface area contributed by atoms with Crippen LogP contribution in [0.4, 0.5) is 14.5 Å². The van der Waals surface area contributed by atoms with Gasteiger partial charge < -0.3 is 10.2 Å². The Bertz CT molecular complexity index is 1440. The molecule has 1 saturated heterocycles. The van der Waals surface area contributed by atoms with E-state index < -0.39 is 11.6 Å². The number of halogens is 2. The van der Waals surface area contributed by atoms with E-state index in [1.807, 2.05) is 19.2 Å². The summed E-state index contributed by atoms with van der Waals surface area (Å²) >= 11 is 0. The molecule has 37 heavy (non-hydrogen) atoms. The molecule has 1 atom stereocenters. The molecule has 1 amide bonds. The summed E-state index contributed by atoms with van der Waals surface area (Å²) in [7, 11) is 1.85. The molecule has 9 nitrogen and oxygen atoms in total. The van der Waals surface area contributed by atoms with Gasteiger partial charge in [0.15, 0.2) is 5.82 Å². The van der Waals surface area contributed by atoms with Crippen molar-refractivity contribution in [3.8, 4) is 0 Å². The molecular formula is C26H28F2N8O. The van der Waals surface area contributed by atoms with Crippen LogP contribution in [-0.2, 0) is 7.05 Å². The van der Waals surface area contributed by atoms with Gasteiger partial charge in [0.2, 0.25) is 0 Å². The van der Waals surface area contributed by atoms with Crippen molar-refractivity contribution >= 4 is 17.1 Å². The maximum atomic E-state index is 14.6. The van der Waals surface area contributed by atoms with Crippen LogP contribution in [0.15, 0.2) is 42.7 Å². The minimum absolute atomic E-state index is 0.0713. The maximum Gasteiger partial charge on any atom is 0.255 e. The number of hydrogen-bond donors (Lipinski definition) is 1. The maximum absolute atomic E-state index is 14.6. The normalized spacial score (nSPS) is 22.0. The molecule has 6 rings (SSSR count). The Balaban J connectivity index is 1.19. The lowest BCUT2D eigenvalue weighted by Gasteiger charge is -2.28. The second-order valence-electron chi connectivity index (χ2n) is 9.97. The molecule has 2 fully saturated rings. The molecule has 1 N–H and O–H groups in total. The molecule has 3 aromatic heterocycles. The van der Waals surface area contributed by atoms with Gasteiger partial charge in [-0.05, 0) is 79.3 Å². The SMILES string of the molecule is Cn1nnnc1[C@H]1CC[C@H](NC(=O)c2cnn3ccc(N4CCC[C@@H]4c4cc(F)ccc4F)cc23)CC1. The Morgan fingerprint density at radius 3 is 2.70 bits per heavy atom. The highest BCUT2D eigenvalue weighted by molar-refractivity contribution is 6.01. The number of rotatable bonds is 5.